The Kier molecular flexibility index (Phi) is 3.47. The summed E-state index contributed by atoms with van der Waals surface area (Å²) in [5.74, 6) is 1.67. The quantitative estimate of drug-likeness (QED) is 0.476. The molecule has 0 bridgehead atoms. The van der Waals surface area contributed by atoms with E-state index in [1.807, 2.05) is 0 Å². The molecule has 0 unspecified atom stereocenters. The van der Waals surface area contributed by atoms with Gasteiger partial charge in [0.25, 0.3) is 0 Å². The van der Waals surface area contributed by atoms with E-state index in [1.54, 1.807) is 12.1 Å². The van der Waals surface area contributed by atoms with Crippen LogP contribution in [0.25, 0.3) is 0 Å². The number of allylic oxidation sites excluding steroid dienone is 4. The third-order valence-corrected chi connectivity index (χ3v) is 7.55. The fraction of sp³-hybridized carbons (Fsp3) is 0.333. The lowest BCUT2D eigenvalue weighted by atomic mass is 9.70. The van der Waals surface area contributed by atoms with Gasteiger partial charge in [0.05, 0.1) is 6.04 Å². The molecule has 0 saturated heterocycles. The standard InChI is InChI=1S/C24H21BrFN/c25-16-9-7-14(8-10-16)23-20-6-2-5-19(20)22-12-17(26)11-21-18-4-1-3-15(18)13-27(23)24(21)22/h1-2,4-5,7-12,15,18-20,23H,3,6,13H2/t15-,18+,19+,20-,23-/m0/s1. The van der Waals surface area contributed by atoms with E-state index in [9.17, 15) is 4.39 Å². The Bertz CT molecular complexity index is 959. The summed E-state index contributed by atoms with van der Waals surface area (Å²) in [7, 11) is 0. The topological polar surface area (TPSA) is 3.24 Å². The van der Waals surface area contributed by atoms with Crippen LogP contribution in [0.5, 0.6) is 0 Å². The van der Waals surface area contributed by atoms with Crippen molar-refractivity contribution in [2.75, 3.05) is 11.4 Å². The fourth-order valence-corrected chi connectivity index (χ4v) is 6.24. The second kappa shape index (κ2) is 5.81. The van der Waals surface area contributed by atoms with E-state index in [0.717, 1.165) is 23.9 Å². The van der Waals surface area contributed by atoms with Crippen molar-refractivity contribution >= 4 is 21.6 Å². The molecule has 2 aliphatic carbocycles. The van der Waals surface area contributed by atoms with Crippen molar-refractivity contribution in [2.45, 2.75) is 30.7 Å². The highest BCUT2D eigenvalue weighted by Gasteiger charge is 2.47. The van der Waals surface area contributed by atoms with Gasteiger partial charge in [0.2, 0.25) is 0 Å². The summed E-state index contributed by atoms with van der Waals surface area (Å²) in [6.45, 7) is 1.06. The van der Waals surface area contributed by atoms with Crippen LogP contribution in [-0.4, -0.2) is 6.54 Å². The van der Waals surface area contributed by atoms with E-state index in [2.05, 4.69) is 69.4 Å². The molecule has 0 saturated carbocycles. The molecule has 1 nitrogen and oxygen atoms in total. The Balaban J connectivity index is 1.59. The molecule has 3 heteroatoms. The van der Waals surface area contributed by atoms with E-state index in [4.69, 9.17) is 0 Å². The van der Waals surface area contributed by atoms with Crippen molar-refractivity contribution in [2.24, 2.45) is 11.8 Å². The van der Waals surface area contributed by atoms with Gasteiger partial charge in [0.15, 0.2) is 0 Å². The van der Waals surface area contributed by atoms with Crippen LogP contribution in [0.1, 0.15) is 47.4 Å². The SMILES string of the molecule is Fc1cc2c3c(c1)[C@@H]1C=CC[C@@H]1[C@H](c1ccc(Br)cc1)N3C[C@@H]1CC=C[C@@H]21. The monoisotopic (exact) mass is 421 g/mol. The zero-order valence-corrected chi connectivity index (χ0v) is 16.6. The Hall–Kier alpha value is -1.87. The van der Waals surface area contributed by atoms with Crippen LogP contribution in [0.15, 0.2) is 65.2 Å². The minimum Gasteiger partial charge on any atom is -0.363 e. The van der Waals surface area contributed by atoms with Crippen molar-refractivity contribution in [1.29, 1.82) is 0 Å². The van der Waals surface area contributed by atoms with Crippen molar-refractivity contribution in [1.82, 2.24) is 0 Å². The van der Waals surface area contributed by atoms with Gasteiger partial charge in [-0.3, -0.25) is 0 Å². The minimum atomic E-state index is -0.0780. The largest absolute Gasteiger partial charge is 0.363 e. The highest BCUT2D eigenvalue weighted by atomic mass is 79.9. The molecule has 0 aromatic heterocycles. The van der Waals surface area contributed by atoms with Crippen LogP contribution in [-0.2, 0) is 0 Å². The lowest BCUT2D eigenvalue weighted by molar-refractivity contribution is 0.333. The fourth-order valence-electron chi connectivity index (χ4n) is 5.98. The third-order valence-electron chi connectivity index (χ3n) is 7.03. The van der Waals surface area contributed by atoms with Crippen LogP contribution in [0.4, 0.5) is 10.1 Å². The maximum absolute atomic E-state index is 14.6. The Labute approximate surface area is 167 Å². The number of rotatable bonds is 1. The minimum absolute atomic E-state index is 0.0780. The number of benzene rings is 2. The lowest BCUT2D eigenvalue weighted by Gasteiger charge is -2.51. The van der Waals surface area contributed by atoms with E-state index >= 15 is 0 Å². The second-order valence-corrected chi connectivity index (χ2v) is 9.30. The van der Waals surface area contributed by atoms with Gasteiger partial charge in [-0.05, 0) is 65.6 Å². The lowest BCUT2D eigenvalue weighted by Crippen LogP contribution is -2.46. The molecule has 27 heavy (non-hydrogen) atoms. The summed E-state index contributed by atoms with van der Waals surface area (Å²) >= 11 is 3.58. The van der Waals surface area contributed by atoms with Crippen molar-refractivity contribution in [3.05, 3.63) is 87.7 Å². The number of halogens is 2. The molecule has 4 aliphatic rings. The van der Waals surface area contributed by atoms with Gasteiger partial charge in [0, 0.05) is 28.5 Å². The molecule has 2 aromatic carbocycles. The van der Waals surface area contributed by atoms with E-state index in [-0.39, 0.29) is 5.82 Å². The van der Waals surface area contributed by atoms with Gasteiger partial charge in [0.1, 0.15) is 5.82 Å². The predicted octanol–water partition coefficient (Wildman–Crippen LogP) is 6.48. The molecule has 0 fully saturated rings. The second-order valence-electron chi connectivity index (χ2n) is 8.38. The van der Waals surface area contributed by atoms with E-state index < -0.39 is 0 Å². The highest BCUT2D eigenvalue weighted by molar-refractivity contribution is 9.10. The van der Waals surface area contributed by atoms with Crippen molar-refractivity contribution in [3.63, 3.8) is 0 Å². The first-order valence-electron chi connectivity index (χ1n) is 9.89. The van der Waals surface area contributed by atoms with Crippen LogP contribution in [0.3, 0.4) is 0 Å². The summed E-state index contributed by atoms with van der Waals surface area (Å²) in [5, 5.41) is 0. The molecule has 0 N–H and O–H groups in total. The summed E-state index contributed by atoms with van der Waals surface area (Å²) in [5.41, 5.74) is 5.10. The molecule has 2 heterocycles. The zero-order valence-electron chi connectivity index (χ0n) is 15.0. The molecule has 6 rings (SSSR count). The van der Waals surface area contributed by atoms with E-state index in [1.165, 1.54) is 22.4 Å². The molecule has 136 valence electrons. The first-order valence-corrected chi connectivity index (χ1v) is 10.7. The molecule has 2 aromatic rings. The first kappa shape index (κ1) is 16.1. The van der Waals surface area contributed by atoms with Gasteiger partial charge in [-0.15, -0.1) is 0 Å². The average molecular weight is 422 g/mol. The number of nitrogens with zero attached hydrogens (tertiary/aromatic N) is 1. The zero-order chi connectivity index (χ0) is 18.1. The average Bonchev–Trinajstić information content (AvgIpc) is 3.32. The predicted molar refractivity (Wildman–Crippen MR) is 111 cm³/mol. The van der Waals surface area contributed by atoms with Crippen molar-refractivity contribution < 1.29 is 4.39 Å². The maximum Gasteiger partial charge on any atom is 0.123 e. The number of anilines is 1. The molecular weight excluding hydrogens is 401 g/mol. The summed E-state index contributed by atoms with van der Waals surface area (Å²) < 4.78 is 15.7. The third kappa shape index (κ3) is 2.27. The Morgan fingerprint density at radius 1 is 0.926 bits per heavy atom. The van der Waals surface area contributed by atoms with Crippen LogP contribution in [0.2, 0.25) is 0 Å². The summed E-state index contributed by atoms with van der Waals surface area (Å²) in [6.07, 6.45) is 11.4. The Morgan fingerprint density at radius 3 is 2.44 bits per heavy atom. The molecule has 0 radical (unpaired) electrons. The molecule has 0 amide bonds. The molecule has 5 atom stereocenters. The van der Waals surface area contributed by atoms with Gasteiger partial charge in [-0.1, -0.05) is 52.4 Å². The summed E-state index contributed by atoms with van der Waals surface area (Å²) in [4.78, 5) is 2.62. The van der Waals surface area contributed by atoms with Crippen molar-refractivity contribution in [3.8, 4) is 0 Å². The smallest absolute Gasteiger partial charge is 0.123 e. The van der Waals surface area contributed by atoms with Gasteiger partial charge < -0.3 is 4.90 Å². The highest BCUT2D eigenvalue weighted by Crippen LogP contribution is 2.58. The van der Waals surface area contributed by atoms with Crippen LogP contribution >= 0.6 is 15.9 Å². The molecular formula is C24H21BrFN. The van der Waals surface area contributed by atoms with Crippen LogP contribution < -0.4 is 4.90 Å². The number of fused-ring (bicyclic) bond motifs is 4. The first-order chi connectivity index (χ1) is 13.2. The van der Waals surface area contributed by atoms with E-state index in [0.29, 0.717) is 29.7 Å². The van der Waals surface area contributed by atoms with Gasteiger partial charge in [-0.25, -0.2) is 4.39 Å². The van der Waals surface area contributed by atoms with Gasteiger partial charge in [-0.2, -0.15) is 0 Å². The summed E-state index contributed by atoms with van der Waals surface area (Å²) in [6, 6.07) is 12.8. The molecule has 2 aliphatic heterocycles. The number of hydrogen-bond acceptors (Lipinski definition) is 1. The van der Waals surface area contributed by atoms with Crippen LogP contribution in [0, 0.1) is 17.7 Å². The van der Waals surface area contributed by atoms with Gasteiger partial charge >= 0.3 is 0 Å². The normalized spacial score (nSPS) is 32.4. The molecule has 0 spiro atoms. The number of hydrogen-bond donors (Lipinski definition) is 0. The maximum atomic E-state index is 14.6. The Morgan fingerprint density at radius 2 is 1.63 bits per heavy atom.